The number of rotatable bonds is 4. The fourth-order valence-electron chi connectivity index (χ4n) is 0.576. The van der Waals surface area contributed by atoms with Crippen LogP contribution < -0.4 is 0 Å². The van der Waals surface area contributed by atoms with Crippen molar-refractivity contribution < 1.29 is 15.0 Å². The monoisotopic (exact) mass is 131 g/mol. The summed E-state index contributed by atoms with van der Waals surface area (Å²) in [6.45, 7) is 1.28. The summed E-state index contributed by atoms with van der Waals surface area (Å²) in [5.74, 6) is 0. The zero-order valence-corrected chi connectivity index (χ0v) is 5.42. The lowest BCUT2D eigenvalue weighted by molar-refractivity contribution is 0.0349. The average Bonchev–Trinajstić information content (AvgIpc) is 1.89. The Morgan fingerprint density at radius 3 is 2.33 bits per heavy atom. The minimum atomic E-state index is -1.62. The number of carbonyl (C=O) groups excluding carboxylic acids is 1. The molecule has 0 aliphatic carbocycles. The molecule has 3 nitrogen and oxygen atoms in total. The van der Waals surface area contributed by atoms with E-state index in [0.717, 1.165) is 0 Å². The molecule has 2 N–H and O–H groups in total. The van der Waals surface area contributed by atoms with Crippen LogP contribution >= 0.6 is 0 Å². The van der Waals surface area contributed by atoms with Crippen molar-refractivity contribution in [3.63, 3.8) is 0 Å². The van der Waals surface area contributed by atoms with Crippen LogP contribution in [0.15, 0.2) is 0 Å². The predicted molar refractivity (Wildman–Crippen MR) is 32.6 cm³/mol. The van der Waals surface area contributed by atoms with E-state index in [9.17, 15) is 4.79 Å². The summed E-state index contributed by atoms with van der Waals surface area (Å²) < 4.78 is 0. The van der Waals surface area contributed by atoms with Crippen molar-refractivity contribution in [2.75, 3.05) is 6.61 Å². The molecule has 0 aliphatic heterocycles. The summed E-state index contributed by atoms with van der Waals surface area (Å²) in [4.78, 5) is 9.91. The zero-order valence-electron chi connectivity index (χ0n) is 5.42. The highest BCUT2D eigenvalue weighted by molar-refractivity contribution is 5.62. The lowest BCUT2D eigenvalue weighted by atomic mass is 10.0. The number of hydrogen-bond acceptors (Lipinski definition) is 3. The van der Waals surface area contributed by atoms with Crippen molar-refractivity contribution in [3.8, 4) is 0 Å². The third-order valence-corrected chi connectivity index (χ3v) is 1.12. The summed E-state index contributed by atoms with van der Waals surface area (Å²) in [6, 6.07) is 0. The Kier molecular flexibility index (Phi) is 3.42. The van der Waals surface area contributed by atoms with Crippen LogP contribution in [0.3, 0.4) is 0 Å². The van der Waals surface area contributed by atoms with Crippen LogP contribution in [-0.4, -0.2) is 28.7 Å². The fourth-order valence-corrected chi connectivity index (χ4v) is 0.576. The van der Waals surface area contributed by atoms with Gasteiger partial charge in [0.2, 0.25) is 6.29 Å². The highest BCUT2D eigenvalue weighted by atomic mass is 16.3. The van der Waals surface area contributed by atoms with Gasteiger partial charge in [-0.1, -0.05) is 13.3 Å². The van der Waals surface area contributed by atoms with Crippen LogP contribution in [0.25, 0.3) is 0 Å². The molecule has 0 aliphatic rings. The van der Waals surface area contributed by atoms with E-state index in [1.165, 1.54) is 6.29 Å². The van der Waals surface area contributed by atoms with E-state index in [0.29, 0.717) is 6.42 Å². The first-order chi connectivity index (χ1) is 4.18. The number of hydrogen-bond donors (Lipinski definition) is 2. The van der Waals surface area contributed by atoms with E-state index in [1.807, 2.05) is 6.92 Å². The summed E-state index contributed by atoms with van der Waals surface area (Å²) in [6.07, 6.45) is 2.31. The topological polar surface area (TPSA) is 57.5 Å². The van der Waals surface area contributed by atoms with Crippen LogP contribution in [0.2, 0.25) is 0 Å². The smallest absolute Gasteiger partial charge is 0.235 e. The molecule has 0 fully saturated rings. The molecule has 1 unspecified atom stereocenters. The molecule has 0 saturated heterocycles. The first kappa shape index (κ1) is 8.59. The first-order valence-corrected chi connectivity index (χ1v) is 2.91. The van der Waals surface area contributed by atoms with Gasteiger partial charge in [-0.05, 0) is 6.42 Å². The lowest BCUT2D eigenvalue weighted by Gasteiger charge is -2.15. The Balaban J connectivity index is 3.76. The Morgan fingerprint density at radius 1 is 1.67 bits per heavy atom. The van der Waals surface area contributed by atoms with Gasteiger partial charge < -0.3 is 10.2 Å². The fraction of sp³-hybridized carbons (Fsp3) is 0.833. The molecule has 0 saturated carbocycles. The number of aliphatic hydroxyl groups excluding tert-OH is 1. The van der Waals surface area contributed by atoms with Gasteiger partial charge in [0.25, 0.3) is 0 Å². The highest BCUT2D eigenvalue weighted by Gasteiger charge is 2.24. The summed E-state index contributed by atoms with van der Waals surface area (Å²) in [7, 11) is 0. The maximum absolute atomic E-state index is 9.91. The molecular formula is C6H11O3. The molecule has 0 aromatic carbocycles. The predicted octanol–water partition coefficient (Wildman–Crippen LogP) is -0.380. The molecule has 1 radical (unpaired) electrons. The van der Waals surface area contributed by atoms with Gasteiger partial charge in [-0.15, -0.1) is 0 Å². The Bertz CT molecular complexity index is 92.3. The SMILES string of the molecule is CCCC(O)([C]=O)CO. The Labute approximate surface area is 54.3 Å². The van der Waals surface area contributed by atoms with Crippen LogP contribution in [0, 0.1) is 0 Å². The first-order valence-electron chi connectivity index (χ1n) is 2.91. The van der Waals surface area contributed by atoms with Gasteiger partial charge in [0, 0.05) is 0 Å². The van der Waals surface area contributed by atoms with Crippen molar-refractivity contribution in [1.82, 2.24) is 0 Å². The Hall–Kier alpha value is -0.410. The van der Waals surface area contributed by atoms with Crippen LogP contribution in [0.1, 0.15) is 19.8 Å². The third kappa shape index (κ3) is 2.58. The molecule has 1 atom stereocenters. The van der Waals surface area contributed by atoms with E-state index >= 15 is 0 Å². The summed E-state index contributed by atoms with van der Waals surface area (Å²) in [5.41, 5.74) is -1.62. The largest absolute Gasteiger partial charge is 0.393 e. The van der Waals surface area contributed by atoms with E-state index in [-0.39, 0.29) is 6.42 Å². The quantitative estimate of drug-likeness (QED) is 0.546. The molecule has 0 rings (SSSR count). The molecule has 53 valence electrons. The molecule has 0 heterocycles. The minimum Gasteiger partial charge on any atom is -0.393 e. The summed E-state index contributed by atoms with van der Waals surface area (Å²) in [5, 5.41) is 17.4. The molecule has 0 spiro atoms. The number of aliphatic hydroxyl groups is 2. The second-order valence-corrected chi connectivity index (χ2v) is 2.04. The van der Waals surface area contributed by atoms with Gasteiger partial charge in [0.15, 0.2) is 5.60 Å². The van der Waals surface area contributed by atoms with Crippen molar-refractivity contribution in [2.24, 2.45) is 0 Å². The van der Waals surface area contributed by atoms with Gasteiger partial charge in [-0.2, -0.15) is 0 Å². The molecule has 0 bridgehead atoms. The second-order valence-electron chi connectivity index (χ2n) is 2.04. The van der Waals surface area contributed by atoms with Gasteiger partial charge in [0.05, 0.1) is 6.61 Å². The average molecular weight is 131 g/mol. The van der Waals surface area contributed by atoms with Gasteiger partial charge >= 0.3 is 0 Å². The van der Waals surface area contributed by atoms with Gasteiger partial charge in [-0.3, -0.25) is 4.79 Å². The third-order valence-electron chi connectivity index (χ3n) is 1.12. The maximum Gasteiger partial charge on any atom is 0.235 e. The summed E-state index contributed by atoms with van der Waals surface area (Å²) >= 11 is 0. The molecule has 0 amide bonds. The van der Waals surface area contributed by atoms with Gasteiger partial charge in [-0.25, -0.2) is 0 Å². The van der Waals surface area contributed by atoms with E-state index < -0.39 is 12.2 Å². The van der Waals surface area contributed by atoms with Gasteiger partial charge in [0.1, 0.15) is 0 Å². The minimum absolute atomic E-state index is 0.271. The van der Waals surface area contributed by atoms with E-state index in [1.54, 1.807) is 0 Å². The highest BCUT2D eigenvalue weighted by Crippen LogP contribution is 2.07. The molecule has 0 aromatic heterocycles. The van der Waals surface area contributed by atoms with Crippen molar-refractivity contribution in [2.45, 2.75) is 25.4 Å². The van der Waals surface area contributed by atoms with Crippen LogP contribution in [0.4, 0.5) is 0 Å². The standard InChI is InChI=1S/C6H11O3/c1-2-3-6(9,4-7)5-8/h7,9H,2-4H2,1H3. The van der Waals surface area contributed by atoms with Crippen LogP contribution in [0.5, 0.6) is 0 Å². The molecule has 9 heavy (non-hydrogen) atoms. The molecule has 0 aromatic rings. The maximum atomic E-state index is 9.91. The van der Waals surface area contributed by atoms with E-state index in [4.69, 9.17) is 10.2 Å². The van der Waals surface area contributed by atoms with E-state index in [2.05, 4.69) is 0 Å². The Morgan fingerprint density at radius 2 is 2.22 bits per heavy atom. The van der Waals surface area contributed by atoms with Crippen molar-refractivity contribution in [1.29, 1.82) is 0 Å². The normalized spacial score (nSPS) is 16.8. The zero-order chi connectivity index (χ0) is 7.33. The van der Waals surface area contributed by atoms with Crippen LogP contribution in [-0.2, 0) is 4.79 Å². The van der Waals surface area contributed by atoms with Crippen molar-refractivity contribution >= 4 is 6.29 Å². The molecule has 3 heteroatoms. The lowest BCUT2D eigenvalue weighted by Crippen LogP contribution is -2.34. The second kappa shape index (κ2) is 3.58. The van der Waals surface area contributed by atoms with Crippen molar-refractivity contribution in [3.05, 3.63) is 0 Å². The molecular weight excluding hydrogens is 120 g/mol.